The number of imidazole rings is 1. The van der Waals surface area contributed by atoms with Crippen LogP contribution < -0.4 is 29.7 Å². The summed E-state index contributed by atoms with van der Waals surface area (Å²) in [6.07, 6.45) is -1.20. The summed E-state index contributed by atoms with van der Waals surface area (Å²) >= 11 is 0. The molecule has 5 aromatic carbocycles. The van der Waals surface area contributed by atoms with E-state index in [1.54, 1.807) is 56.9 Å². The minimum absolute atomic E-state index is 0.0594. The monoisotopic (exact) mass is 861 g/mol. The van der Waals surface area contributed by atoms with E-state index < -0.39 is 41.6 Å². The Hall–Kier alpha value is -7.17. The number of aromatic nitrogens is 4. The van der Waals surface area contributed by atoms with Crippen molar-refractivity contribution in [2.24, 2.45) is 5.92 Å². The third-order valence-corrected chi connectivity index (χ3v) is 11.7. The van der Waals surface area contributed by atoms with Gasteiger partial charge in [-0.3, -0.25) is 14.7 Å². The van der Waals surface area contributed by atoms with E-state index in [2.05, 4.69) is 20.6 Å². The predicted molar refractivity (Wildman–Crippen MR) is 239 cm³/mol. The van der Waals surface area contributed by atoms with Gasteiger partial charge < -0.3 is 34.1 Å². The smallest absolute Gasteiger partial charge is 0.425 e. The van der Waals surface area contributed by atoms with Crippen molar-refractivity contribution in [2.45, 2.75) is 43.4 Å². The van der Waals surface area contributed by atoms with Gasteiger partial charge in [-0.1, -0.05) is 105 Å². The van der Waals surface area contributed by atoms with E-state index in [9.17, 15) is 14.7 Å². The average Bonchev–Trinajstić information content (AvgIpc) is 3.99. The number of aliphatic hydroxyl groups is 1. The number of fused-ring (bicyclic) bond motifs is 3. The van der Waals surface area contributed by atoms with Crippen LogP contribution in [-0.4, -0.2) is 81.7 Å². The highest BCUT2D eigenvalue weighted by Crippen LogP contribution is 2.47. The van der Waals surface area contributed by atoms with Crippen molar-refractivity contribution in [3.63, 3.8) is 0 Å². The number of nitrogens with one attached hydrogen (secondary N) is 2. The summed E-state index contributed by atoms with van der Waals surface area (Å²) in [5, 5.41) is 18.4. The molecule has 3 N–H and O–H groups in total. The topological polar surface area (TPSA) is 171 Å². The van der Waals surface area contributed by atoms with Crippen LogP contribution >= 0.6 is 0 Å². The molecule has 2 amide bonds. The molecule has 2 bridgehead atoms. The van der Waals surface area contributed by atoms with Crippen LogP contribution in [0.3, 0.4) is 0 Å². The molecule has 64 heavy (non-hydrogen) atoms. The molecule has 15 heteroatoms. The number of hydrogen-bond acceptors (Lipinski definition) is 12. The Balaban J connectivity index is 1.08. The quantitative estimate of drug-likeness (QED) is 0.0929. The van der Waals surface area contributed by atoms with E-state index in [4.69, 9.17) is 28.7 Å². The van der Waals surface area contributed by atoms with Crippen molar-refractivity contribution in [1.82, 2.24) is 24.8 Å². The minimum Gasteiger partial charge on any atom is -0.497 e. The molecule has 0 saturated carbocycles. The maximum absolute atomic E-state index is 14.2. The number of nitrogens with zero attached hydrogens (tertiary/aromatic N) is 5. The van der Waals surface area contributed by atoms with Crippen molar-refractivity contribution >= 4 is 40.5 Å². The highest BCUT2D eigenvalue weighted by molar-refractivity contribution is 5.98. The van der Waals surface area contributed by atoms with Crippen LogP contribution in [0.2, 0.25) is 0 Å². The second kappa shape index (κ2) is 17.5. The fraction of sp³-hybridized carbons (Fsp3) is 0.245. The van der Waals surface area contributed by atoms with E-state index in [1.165, 1.54) is 11.2 Å². The van der Waals surface area contributed by atoms with Gasteiger partial charge in [0.05, 0.1) is 44.6 Å². The van der Waals surface area contributed by atoms with Gasteiger partial charge in [-0.25, -0.2) is 14.7 Å². The van der Waals surface area contributed by atoms with Gasteiger partial charge in [-0.05, 0) is 65.2 Å². The molecule has 7 aromatic rings. The molecule has 9 rings (SSSR count). The van der Waals surface area contributed by atoms with Crippen LogP contribution in [0.5, 0.6) is 17.4 Å². The summed E-state index contributed by atoms with van der Waals surface area (Å²) in [6, 6.07) is 42.8. The summed E-state index contributed by atoms with van der Waals surface area (Å²) in [5.41, 5.74) is 1.49. The number of carbonyl (C=O) groups is 2. The number of aliphatic hydroxyl groups excluding tert-OH is 1. The van der Waals surface area contributed by atoms with Crippen LogP contribution in [0.1, 0.15) is 36.8 Å². The lowest BCUT2D eigenvalue weighted by molar-refractivity contribution is -0.161. The molecule has 0 spiro atoms. The summed E-state index contributed by atoms with van der Waals surface area (Å²) < 4.78 is 32.9. The van der Waals surface area contributed by atoms with Crippen molar-refractivity contribution < 1.29 is 38.4 Å². The molecule has 4 atom stereocenters. The molecule has 2 saturated heterocycles. The summed E-state index contributed by atoms with van der Waals surface area (Å²) in [7, 11) is 3.24. The van der Waals surface area contributed by atoms with E-state index in [-0.39, 0.29) is 42.1 Å². The molecular formula is C49H47N7O8. The van der Waals surface area contributed by atoms with Gasteiger partial charge >= 0.3 is 6.09 Å². The summed E-state index contributed by atoms with van der Waals surface area (Å²) in [4.78, 5) is 42.5. The Morgan fingerprint density at radius 3 is 1.92 bits per heavy atom. The molecule has 4 heterocycles. The Labute approximate surface area is 369 Å². The van der Waals surface area contributed by atoms with E-state index >= 15 is 0 Å². The number of para-hydroxylation sites is 2. The first kappa shape index (κ1) is 42.1. The number of methoxy groups -OCH3 is 2. The fourth-order valence-electron chi connectivity index (χ4n) is 8.32. The van der Waals surface area contributed by atoms with Crippen LogP contribution in [0.15, 0.2) is 146 Å². The van der Waals surface area contributed by atoms with E-state index in [0.717, 1.165) is 16.7 Å². The maximum atomic E-state index is 14.2. The number of rotatable bonds is 14. The minimum atomic E-state index is -1.26. The molecule has 0 aliphatic carbocycles. The number of ether oxygens (including phenoxy) is 5. The van der Waals surface area contributed by atoms with E-state index in [1.807, 2.05) is 115 Å². The lowest BCUT2D eigenvalue weighted by Gasteiger charge is -2.40. The molecular weight excluding hydrogens is 815 g/mol. The lowest BCUT2D eigenvalue weighted by Crippen LogP contribution is -2.49. The van der Waals surface area contributed by atoms with Crippen LogP contribution in [0.25, 0.3) is 11.2 Å². The zero-order chi connectivity index (χ0) is 44.4. The fourth-order valence-corrected chi connectivity index (χ4v) is 8.32. The van der Waals surface area contributed by atoms with Gasteiger partial charge in [0.2, 0.25) is 11.9 Å². The Morgan fingerprint density at radius 1 is 0.828 bits per heavy atom. The molecule has 2 aliphatic heterocycles. The van der Waals surface area contributed by atoms with Crippen LogP contribution in [0.4, 0.5) is 22.1 Å². The second-order valence-corrected chi connectivity index (χ2v) is 15.9. The molecule has 0 radical (unpaired) electrons. The largest absolute Gasteiger partial charge is 0.497 e. The molecule has 2 aromatic heterocycles. The highest BCUT2D eigenvalue weighted by Gasteiger charge is 2.61. The van der Waals surface area contributed by atoms with Gasteiger partial charge in [-0.2, -0.15) is 9.97 Å². The zero-order valence-corrected chi connectivity index (χ0v) is 35.6. The number of morpholine rings is 1. The third-order valence-electron chi connectivity index (χ3n) is 11.7. The predicted octanol–water partition coefficient (Wildman–Crippen LogP) is 7.38. The Bertz CT molecular complexity index is 2650. The number of carbonyl (C=O) groups excluding carboxylic acids is 2. The first-order valence-corrected chi connectivity index (χ1v) is 20.9. The van der Waals surface area contributed by atoms with Gasteiger partial charge in [0, 0.05) is 12.5 Å². The average molecular weight is 862 g/mol. The summed E-state index contributed by atoms with van der Waals surface area (Å²) in [5.74, 6) is 0.316. The molecule has 2 fully saturated rings. The molecule has 2 aliphatic rings. The van der Waals surface area contributed by atoms with Crippen LogP contribution in [-0.2, 0) is 19.9 Å². The number of amides is 2. The normalized spacial score (nSPS) is 19.1. The molecule has 0 unspecified atom stereocenters. The highest BCUT2D eigenvalue weighted by atomic mass is 16.6. The number of benzene rings is 5. The Morgan fingerprint density at radius 2 is 1.38 bits per heavy atom. The lowest BCUT2D eigenvalue weighted by atomic mass is 9.79. The molecule has 326 valence electrons. The number of anilines is 3. The molecule has 15 nitrogen and oxygen atoms in total. The first-order chi connectivity index (χ1) is 31.1. The van der Waals surface area contributed by atoms with Crippen molar-refractivity contribution in [3.8, 4) is 17.4 Å². The third kappa shape index (κ3) is 7.68. The zero-order valence-electron chi connectivity index (χ0n) is 35.6. The van der Waals surface area contributed by atoms with Gasteiger partial charge in [0.25, 0.3) is 5.88 Å². The van der Waals surface area contributed by atoms with Crippen molar-refractivity contribution in [3.05, 3.63) is 163 Å². The van der Waals surface area contributed by atoms with Gasteiger partial charge in [0.1, 0.15) is 28.8 Å². The number of hydrogen-bond donors (Lipinski definition) is 3. The van der Waals surface area contributed by atoms with E-state index in [0.29, 0.717) is 22.9 Å². The van der Waals surface area contributed by atoms with Gasteiger partial charge in [-0.15, -0.1) is 0 Å². The Kier molecular flexibility index (Phi) is 11.5. The standard InChI is InChI=1S/C49H47N7O8/c1-31(2)43(58)53-46-52-42-40(44(54-46)63-47(59)56(35-16-10-6-11-17-35)36-18-12-7-13-19-36)51-30-55(42)45-39-41(57)48(64-45,28-50-39)29-62-49(32-14-8-5-9-15-32,33-20-24-37(60-3)25-21-33)34-22-26-38(61-4)27-23-34/h5-27,30-31,39,41,45,50,57H,28-29H2,1-4H3,(H,52,53,54,58)/t39-,41+,45-,48-/m1/s1. The van der Waals surface area contributed by atoms with Gasteiger partial charge in [0.15, 0.2) is 17.4 Å². The van der Waals surface area contributed by atoms with Crippen molar-refractivity contribution in [1.29, 1.82) is 0 Å². The first-order valence-electron chi connectivity index (χ1n) is 20.9. The maximum Gasteiger partial charge on any atom is 0.425 e. The van der Waals surface area contributed by atoms with Crippen LogP contribution in [0, 0.1) is 5.92 Å². The summed E-state index contributed by atoms with van der Waals surface area (Å²) in [6.45, 7) is 3.69. The SMILES string of the molecule is COc1ccc(C(OC[C@@]23CN[C@@H]([C@H](n4cnc5c(OC(=O)N(c6ccccc6)c6ccccc6)nc(NC(=O)C(C)C)nc54)O2)[C@@H]3O)(c2ccccc2)c2ccc(OC)cc2)cc1. The second-order valence-electron chi connectivity index (χ2n) is 15.9. The van der Waals surface area contributed by atoms with Crippen molar-refractivity contribution in [2.75, 3.05) is 37.6 Å².